The van der Waals surface area contributed by atoms with Gasteiger partial charge in [0, 0.05) is 37.4 Å². The maximum atomic E-state index is 12.1. The lowest BCUT2D eigenvalue weighted by Crippen LogP contribution is -2.50. The fourth-order valence-corrected chi connectivity index (χ4v) is 2.91. The predicted molar refractivity (Wildman–Crippen MR) is 96.1 cm³/mol. The molecule has 0 radical (unpaired) electrons. The number of ether oxygens (including phenoxy) is 1. The second kappa shape index (κ2) is 7.61. The average Bonchev–Trinajstić information content (AvgIpc) is 2.51. The fourth-order valence-electron chi connectivity index (χ4n) is 2.57. The number of carbonyl (C=O) groups is 1. The van der Waals surface area contributed by atoms with Crippen LogP contribution in [0.15, 0.2) is 24.3 Å². The van der Waals surface area contributed by atoms with Crippen molar-refractivity contribution >= 4 is 21.9 Å². The van der Waals surface area contributed by atoms with Crippen LogP contribution in [0.4, 0.5) is 10.5 Å². The van der Waals surface area contributed by atoms with E-state index in [1.165, 1.54) is 0 Å². The Morgan fingerprint density at radius 1 is 1.12 bits per heavy atom. The lowest BCUT2D eigenvalue weighted by molar-refractivity contribution is 0.0240. The first kappa shape index (κ1) is 19.5. The average molecular weight is 370 g/mol. The van der Waals surface area contributed by atoms with Gasteiger partial charge in [-0.15, -0.1) is 0 Å². The first-order chi connectivity index (χ1) is 11.6. The number of rotatable bonds is 4. The first-order valence-corrected chi connectivity index (χ1v) is 10.0. The van der Waals surface area contributed by atoms with E-state index in [0.717, 1.165) is 17.5 Å². The lowest BCUT2D eigenvalue weighted by Gasteiger charge is -2.37. The van der Waals surface area contributed by atoms with E-state index < -0.39 is 15.7 Å². The van der Waals surface area contributed by atoms with Crippen LogP contribution in [0, 0.1) is 0 Å². The summed E-state index contributed by atoms with van der Waals surface area (Å²) in [5, 5.41) is 0. The van der Waals surface area contributed by atoms with E-state index in [4.69, 9.17) is 8.92 Å². The van der Waals surface area contributed by atoms with Gasteiger partial charge in [0.1, 0.15) is 5.60 Å². The summed E-state index contributed by atoms with van der Waals surface area (Å²) in [7, 11) is -3.50. The number of hydrogen-bond acceptors (Lipinski definition) is 6. The van der Waals surface area contributed by atoms with Crippen molar-refractivity contribution in [2.45, 2.75) is 33.0 Å². The largest absolute Gasteiger partial charge is 0.444 e. The smallest absolute Gasteiger partial charge is 0.410 e. The van der Waals surface area contributed by atoms with Gasteiger partial charge < -0.3 is 14.5 Å². The van der Waals surface area contributed by atoms with Crippen LogP contribution >= 0.6 is 0 Å². The highest BCUT2D eigenvalue weighted by atomic mass is 32.2. The molecule has 2 rings (SSSR count). The molecule has 0 saturated carbocycles. The molecule has 1 saturated heterocycles. The van der Waals surface area contributed by atoms with Crippen LogP contribution in [0.5, 0.6) is 0 Å². The molecule has 0 spiro atoms. The van der Waals surface area contributed by atoms with Crippen molar-refractivity contribution in [3.63, 3.8) is 0 Å². The Morgan fingerprint density at radius 2 is 1.72 bits per heavy atom. The summed E-state index contributed by atoms with van der Waals surface area (Å²) in [6.07, 6.45) is 0.732. The highest BCUT2D eigenvalue weighted by Gasteiger charge is 2.26. The highest BCUT2D eigenvalue weighted by molar-refractivity contribution is 7.85. The molecule has 1 aromatic rings. The van der Waals surface area contributed by atoms with Crippen molar-refractivity contribution < 1.29 is 22.1 Å². The van der Waals surface area contributed by atoms with Gasteiger partial charge in [0.05, 0.1) is 12.9 Å². The molecule has 1 aliphatic rings. The zero-order valence-corrected chi connectivity index (χ0v) is 16.0. The van der Waals surface area contributed by atoms with Gasteiger partial charge in [0.25, 0.3) is 10.1 Å². The number of piperazine rings is 1. The molecule has 0 N–H and O–H groups in total. The molecule has 0 aromatic heterocycles. The lowest BCUT2D eigenvalue weighted by atomic mass is 10.1. The van der Waals surface area contributed by atoms with Crippen molar-refractivity contribution in [2.24, 2.45) is 0 Å². The van der Waals surface area contributed by atoms with Crippen molar-refractivity contribution in [1.29, 1.82) is 0 Å². The molecule has 8 heteroatoms. The number of para-hydroxylation sites is 1. The number of carbonyl (C=O) groups excluding carboxylic acids is 1. The number of anilines is 1. The molecule has 0 bridgehead atoms. The molecular formula is C17H26N2O5S. The van der Waals surface area contributed by atoms with Gasteiger partial charge >= 0.3 is 6.09 Å². The van der Waals surface area contributed by atoms with Crippen LogP contribution in [0.2, 0.25) is 0 Å². The fraction of sp³-hybridized carbons (Fsp3) is 0.588. The summed E-state index contributed by atoms with van der Waals surface area (Å²) < 4.78 is 32.8. The Balaban J connectivity index is 2.00. The summed E-state index contributed by atoms with van der Waals surface area (Å²) in [4.78, 5) is 16.0. The maximum absolute atomic E-state index is 12.1. The molecule has 1 amide bonds. The molecule has 0 unspecified atom stereocenters. The van der Waals surface area contributed by atoms with E-state index in [-0.39, 0.29) is 12.7 Å². The van der Waals surface area contributed by atoms with Crippen molar-refractivity contribution in [1.82, 2.24) is 4.90 Å². The highest BCUT2D eigenvalue weighted by Crippen LogP contribution is 2.23. The Labute approximate surface area is 149 Å². The molecule has 1 aromatic carbocycles. The summed E-state index contributed by atoms with van der Waals surface area (Å²) >= 11 is 0. The van der Waals surface area contributed by atoms with Gasteiger partial charge in [-0.1, -0.05) is 18.2 Å². The summed E-state index contributed by atoms with van der Waals surface area (Å²) in [6.45, 7) is 7.94. The molecule has 1 heterocycles. The Morgan fingerprint density at radius 3 is 2.28 bits per heavy atom. The molecule has 0 aliphatic carbocycles. The van der Waals surface area contributed by atoms with Gasteiger partial charge in [-0.05, 0) is 26.8 Å². The van der Waals surface area contributed by atoms with Crippen LogP contribution in [-0.2, 0) is 25.6 Å². The molecule has 140 valence electrons. The molecule has 0 atom stereocenters. The van der Waals surface area contributed by atoms with Crippen LogP contribution in [0.1, 0.15) is 26.3 Å². The maximum Gasteiger partial charge on any atom is 0.410 e. The summed E-state index contributed by atoms with van der Waals surface area (Å²) in [5.74, 6) is 0. The minimum atomic E-state index is -3.50. The third kappa shape index (κ3) is 6.21. The Hall–Kier alpha value is -1.80. The van der Waals surface area contributed by atoms with Crippen molar-refractivity contribution in [3.05, 3.63) is 29.8 Å². The number of hydrogen-bond donors (Lipinski definition) is 0. The standard InChI is InChI=1S/C17H26N2O5S/c1-17(2,3)24-16(20)19-11-9-18(10-12-19)15-8-6-5-7-14(15)13-23-25(4,21)22/h5-8H,9-13H2,1-4H3. The van der Waals surface area contributed by atoms with Crippen LogP contribution in [0.3, 0.4) is 0 Å². The topological polar surface area (TPSA) is 76.2 Å². The normalized spacial score (nSPS) is 16.0. The first-order valence-electron chi connectivity index (χ1n) is 8.20. The monoisotopic (exact) mass is 370 g/mol. The van der Waals surface area contributed by atoms with E-state index >= 15 is 0 Å². The van der Waals surface area contributed by atoms with Gasteiger partial charge in [-0.3, -0.25) is 4.18 Å². The van der Waals surface area contributed by atoms with Gasteiger partial charge in [0.2, 0.25) is 0 Å². The van der Waals surface area contributed by atoms with E-state index in [9.17, 15) is 13.2 Å². The quantitative estimate of drug-likeness (QED) is 0.757. The molecule has 1 aliphatic heterocycles. The number of amides is 1. The molecular weight excluding hydrogens is 344 g/mol. The molecule has 25 heavy (non-hydrogen) atoms. The predicted octanol–water partition coefficient (Wildman–Crippen LogP) is 2.22. The van der Waals surface area contributed by atoms with E-state index in [0.29, 0.717) is 26.2 Å². The van der Waals surface area contributed by atoms with Gasteiger partial charge in [-0.2, -0.15) is 8.42 Å². The number of benzene rings is 1. The van der Waals surface area contributed by atoms with E-state index in [1.54, 1.807) is 4.90 Å². The Kier molecular flexibility index (Phi) is 5.95. The minimum Gasteiger partial charge on any atom is -0.444 e. The van der Waals surface area contributed by atoms with Crippen molar-refractivity contribution in [2.75, 3.05) is 37.3 Å². The summed E-state index contributed by atoms with van der Waals surface area (Å²) in [5.41, 5.74) is 1.22. The van der Waals surface area contributed by atoms with Crippen molar-refractivity contribution in [3.8, 4) is 0 Å². The molecule has 7 nitrogen and oxygen atoms in total. The zero-order chi connectivity index (χ0) is 18.7. The van der Waals surface area contributed by atoms with Crippen LogP contribution in [0.25, 0.3) is 0 Å². The minimum absolute atomic E-state index is 0.00128. The number of nitrogens with zero attached hydrogens (tertiary/aromatic N) is 2. The molecule has 1 fully saturated rings. The van der Waals surface area contributed by atoms with Gasteiger partial charge in [-0.25, -0.2) is 4.79 Å². The second-order valence-electron chi connectivity index (χ2n) is 7.05. The van der Waals surface area contributed by atoms with E-state index in [1.807, 2.05) is 45.0 Å². The Bertz CT molecular complexity index is 704. The van der Waals surface area contributed by atoms with E-state index in [2.05, 4.69) is 4.90 Å². The SMILES string of the molecule is CC(C)(C)OC(=O)N1CCN(c2ccccc2COS(C)(=O)=O)CC1. The van der Waals surface area contributed by atoms with Crippen LogP contribution in [-0.4, -0.2) is 57.4 Å². The zero-order valence-electron chi connectivity index (χ0n) is 15.2. The second-order valence-corrected chi connectivity index (χ2v) is 8.69. The third-order valence-electron chi connectivity index (χ3n) is 3.69. The van der Waals surface area contributed by atoms with Gasteiger partial charge in [0.15, 0.2) is 0 Å². The third-order valence-corrected chi connectivity index (χ3v) is 4.24. The van der Waals surface area contributed by atoms with Crippen LogP contribution < -0.4 is 4.90 Å². The summed E-state index contributed by atoms with van der Waals surface area (Å²) in [6, 6.07) is 7.53.